The molecule has 3 rings (SSSR count). The molecule has 0 radical (unpaired) electrons. The molecule has 0 aliphatic rings. The molecule has 0 unspecified atom stereocenters. The molecular weight excluding hydrogens is 370 g/mol. The second kappa shape index (κ2) is 10.1. The molecule has 0 fully saturated rings. The first kappa shape index (κ1) is 19.4. The Hall–Kier alpha value is -3.37. The number of carbonyl (C=O) groups excluding carboxylic acids is 1. The maximum absolute atomic E-state index is 12.2. The molecule has 5 heteroatoms. The molecule has 0 heterocycles. The minimum atomic E-state index is -0.263. The zero-order valence-corrected chi connectivity index (χ0v) is 15.9. The first-order chi connectivity index (χ1) is 13.7. The van der Waals surface area contributed by atoms with Gasteiger partial charge < -0.3 is 5.32 Å². The Labute approximate surface area is 169 Å². The summed E-state index contributed by atoms with van der Waals surface area (Å²) in [4.78, 5) is 12.2. The van der Waals surface area contributed by atoms with Crippen molar-refractivity contribution >= 4 is 35.0 Å². The third-order valence-electron chi connectivity index (χ3n) is 3.92. The molecule has 0 atom stereocenters. The number of halogens is 1. The number of rotatable bonds is 7. The number of benzene rings is 3. The summed E-state index contributed by atoms with van der Waals surface area (Å²) in [6.07, 6.45) is 3.84. The number of hydrogen-bond acceptors (Lipinski definition) is 3. The SMILES string of the molecule is O=C(CNc1ccccc1Cl)NN=C(/C=C\c1ccccc1)c1ccccc1. The number of allylic oxidation sites excluding steroid dienone is 1. The number of anilines is 1. The topological polar surface area (TPSA) is 53.5 Å². The van der Waals surface area contributed by atoms with Gasteiger partial charge in [0.05, 0.1) is 23.0 Å². The van der Waals surface area contributed by atoms with Gasteiger partial charge in [-0.1, -0.05) is 90.5 Å². The fourth-order valence-corrected chi connectivity index (χ4v) is 2.69. The van der Waals surface area contributed by atoms with Gasteiger partial charge in [0.15, 0.2) is 0 Å². The van der Waals surface area contributed by atoms with E-state index >= 15 is 0 Å². The van der Waals surface area contributed by atoms with E-state index in [2.05, 4.69) is 15.8 Å². The number of nitrogens with zero attached hydrogens (tertiary/aromatic N) is 1. The standard InChI is InChI=1S/C23H20ClN3O/c24-20-13-7-8-14-22(20)25-17-23(28)27-26-21(19-11-5-2-6-12-19)16-15-18-9-3-1-4-10-18/h1-16,25H,17H2,(H,27,28)/b16-15-,26-21?. The highest BCUT2D eigenvalue weighted by molar-refractivity contribution is 6.33. The highest BCUT2D eigenvalue weighted by atomic mass is 35.5. The Bertz CT molecular complexity index is 969. The molecule has 3 aromatic carbocycles. The van der Waals surface area contributed by atoms with Crippen LogP contribution in [0.25, 0.3) is 6.08 Å². The lowest BCUT2D eigenvalue weighted by Gasteiger charge is -2.08. The molecule has 0 aliphatic heterocycles. The number of para-hydroxylation sites is 1. The van der Waals surface area contributed by atoms with Crippen LogP contribution in [0.5, 0.6) is 0 Å². The van der Waals surface area contributed by atoms with E-state index in [1.54, 1.807) is 6.07 Å². The van der Waals surface area contributed by atoms with Crippen LogP contribution in [-0.4, -0.2) is 18.2 Å². The van der Waals surface area contributed by atoms with Crippen molar-refractivity contribution in [3.8, 4) is 0 Å². The molecule has 0 saturated heterocycles. The average molecular weight is 390 g/mol. The van der Waals surface area contributed by atoms with Crippen molar-refractivity contribution in [3.05, 3.63) is 107 Å². The Morgan fingerprint density at radius 3 is 2.25 bits per heavy atom. The molecule has 0 saturated carbocycles. The van der Waals surface area contributed by atoms with Crippen LogP contribution in [0.3, 0.4) is 0 Å². The molecular formula is C23H20ClN3O. The van der Waals surface area contributed by atoms with Crippen LogP contribution in [0.1, 0.15) is 11.1 Å². The highest BCUT2D eigenvalue weighted by Gasteiger charge is 2.04. The van der Waals surface area contributed by atoms with Crippen molar-refractivity contribution in [2.75, 3.05) is 11.9 Å². The lowest BCUT2D eigenvalue weighted by Crippen LogP contribution is -2.27. The molecule has 2 N–H and O–H groups in total. The maximum atomic E-state index is 12.2. The first-order valence-electron chi connectivity index (χ1n) is 8.86. The summed E-state index contributed by atoms with van der Waals surface area (Å²) in [5.41, 5.74) is 5.93. The molecule has 1 amide bonds. The van der Waals surface area contributed by atoms with Gasteiger partial charge in [0.2, 0.25) is 0 Å². The van der Waals surface area contributed by atoms with Gasteiger partial charge in [-0.25, -0.2) is 5.43 Å². The largest absolute Gasteiger partial charge is 0.375 e. The molecule has 0 spiro atoms. The highest BCUT2D eigenvalue weighted by Crippen LogP contribution is 2.19. The lowest BCUT2D eigenvalue weighted by atomic mass is 10.1. The summed E-state index contributed by atoms with van der Waals surface area (Å²) in [5.74, 6) is -0.263. The van der Waals surface area contributed by atoms with Crippen LogP contribution >= 0.6 is 11.6 Å². The molecule has 0 bridgehead atoms. The van der Waals surface area contributed by atoms with E-state index in [1.807, 2.05) is 91.0 Å². The molecule has 4 nitrogen and oxygen atoms in total. The van der Waals surface area contributed by atoms with Gasteiger partial charge in [-0.05, 0) is 23.8 Å². The normalized spacial score (nSPS) is 11.4. The smallest absolute Gasteiger partial charge is 0.259 e. The van der Waals surface area contributed by atoms with Gasteiger partial charge in [0.1, 0.15) is 0 Å². The van der Waals surface area contributed by atoms with Gasteiger partial charge in [-0.15, -0.1) is 0 Å². The van der Waals surface area contributed by atoms with E-state index in [0.717, 1.165) is 11.1 Å². The van der Waals surface area contributed by atoms with Gasteiger partial charge in [0, 0.05) is 5.56 Å². The number of carbonyl (C=O) groups is 1. The zero-order valence-electron chi connectivity index (χ0n) is 15.2. The van der Waals surface area contributed by atoms with Crippen molar-refractivity contribution in [2.24, 2.45) is 5.10 Å². The number of hydrazone groups is 1. The predicted molar refractivity (Wildman–Crippen MR) is 117 cm³/mol. The molecule has 140 valence electrons. The van der Waals surface area contributed by atoms with Crippen molar-refractivity contribution in [2.45, 2.75) is 0 Å². The van der Waals surface area contributed by atoms with Crippen LogP contribution in [0.2, 0.25) is 5.02 Å². The van der Waals surface area contributed by atoms with E-state index in [0.29, 0.717) is 16.4 Å². The van der Waals surface area contributed by atoms with E-state index in [-0.39, 0.29) is 12.5 Å². The van der Waals surface area contributed by atoms with Crippen molar-refractivity contribution in [1.82, 2.24) is 5.43 Å². The number of amides is 1. The Morgan fingerprint density at radius 2 is 1.54 bits per heavy atom. The van der Waals surface area contributed by atoms with E-state index < -0.39 is 0 Å². The van der Waals surface area contributed by atoms with Crippen LogP contribution in [-0.2, 0) is 4.79 Å². The summed E-state index contributed by atoms with van der Waals surface area (Å²) in [6.45, 7) is 0.0672. The van der Waals surface area contributed by atoms with Crippen LogP contribution in [0.15, 0.2) is 96.1 Å². The summed E-state index contributed by atoms with van der Waals surface area (Å²) >= 11 is 6.08. The molecule has 0 aliphatic carbocycles. The fraction of sp³-hybridized carbons (Fsp3) is 0.0435. The molecule has 0 aromatic heterocycles. The predicted octanol–water partition coefficient (Wildman–Crippen LogP) is 4.99. The molecule has 28 heavy (non-hydrogen) atoms. The van der Waals surface area contributed by atoms with E-state index in [9.17, 15) is 4.79 Å². The van der Waals surface area contributed by atoms with Crippen LogP contribution in [0, 0.1) is 0 Å². The lowest BCUT2D eigenvalue weighted by molar-refractivity contribution is -0.119. The van der Waals surface area contributed by atoms with Crippen molar-refractivity contribution in [3.63, 3.8) is 0 Å². The van der Waals surface area contributed by atoms with Gasteiger partial charge >= 0.3 is 0 Å². The Balaban J connectivity index is 1.69. The van der Waals surface area contributed by atoms with Gasteiger partial charge in [-0.2, -0.15) is 5.10 Å². The van der Waals surface area contributed by atoms with Crippen LogP contribution < -0.4 is 10.7 Å². The van der Waals surface area contributed by atoms with Crippen LogP contribution in [0.4, 0.5) is 5.69 Å². The van der Waals surface area contributed by atoms with Gasteiger partial charge in [0.25, 0.3) is 5.91 Å². The summed E-state index contributed by atoms with van der Waals surface area (Å²) < 4.78 is 0. The Kier molecular flexibility index (Phi) is 6.99. The summed E-state index contributed by atoms with van der Waals surface area (Å²) in [6, 6.07) is 26.9. The monoisotopic (exact) mass is 389 g/mol. The average Bonchev–Trinajstić information content (AvgIpc) is 2.74. The quantitative estimate of drug-likeness (QED) is 0.442. The van der Waals surface area contributed by atoms with Crippen molar-refractivity contribution < 1.29 is 4.79 Å². The second-order valence-electron chi connectivity index (χ2n) is 5.98. The summed E-state index contributed by atoms with van der Waals surface area (Å²) in [7, 11) is 0. The summed E-state index contributed by atoms with van der Waals surface area (Å²) in [5, 5.41) is 7.87. The fourth-order valence-electron chi connectivity index (χ4n) is 2.49. The van der Waals surface area contributed by atoms with E-state index in [1.165, 1.54) is 0 Å². The van der Waals surface area contributed by atoms with Gasteiger partial charge in [-0.3, -0.25) is 4.79 Å². The number of hydrogen-bond donors (Lipinski definition) is 2. The maximum Gasteiger partial charge on any atom is 0.259 e. The van der Waals surface area contributed by atoms with Crippen molar-refractivity contribution in [1.29, 1.82) is 0 Å². The third kappa shape index (κ3) is 5.83. The zero-order chi connectivity index (χ0) is 19.6. The Morgan fingerprint density at radius 1 is 0.893 bits per heavy atom. The number of nitrogens with one attached hydrogen (secondary N) is 2. The third-order valence-corrected chi connectivity index (χ3v) is 4.25. The molecule has 3 aromatic rings. The minimum absolute atomic E-state index is 0.0672. The second-order valence-corrected chi connectivity index (χ2v) is 6.38. The first-order valence-corrected chi connectivity index (χ1v) is 9.23. The minimum Gasteiger partial charge on any atom is -0.375 e. The van der Waals surface area contributed by atoms with E-state index in [4.69, 9.17) is 11.6 Å².